The zero-order valence-electron chi connectivity index (χ0n) is 16.8. The number of hydrazine groups is 1. The van der Waals surface area contributed by atoms with E-state index in [0.717, 1.165) is 0 Å². The van der Waals surface area contributed by atoms with E-state index in [2.05, 4.69) is 21.4 Å². The number of hydrogen-bond donors (Lipinski definition) is 4. The highest BCUT2D eigenvalue weighted by molar-refractivity contribution is 6.08. The second-order valence-corrected chi connectivity index (χ2v) is 7.89. The van der Waals surface area contributed by atoms with Crippen molar-refractivity contribution in [2.75, 3.05) is 11.9 Å². The number of amides is 5. The van der Waals surface area contributed by atoms with Crippen molar-refractivity contribution >= 4 is 29.4 Å². The molecule has 1 aliphatic heterocycles. The second kappa shape index (κ2) is 7.87. The van der Waals surface area contributed by atoms with Crippen molar-refractivity contribution in [3.63, 3.8) is 0 Å². The van der Waals surface area contributed by atoms with E-state index in [1.165, 1.54) is 0 Å². The standard InChI is InChI=1S/C19H27N5O4/c1-6-19(5)16(27)24(17(28)22-19)23-14(25)11-20-13-10-8-7-9-12(13)15(26)21-18(2,3)4/h7-10,20H,6,11H2,1-5H3,(H,21,26)(H,22,28)(H,23,25). The highest BCUT2D eigenvalue weighted by Gasteiger charge is 2.47. The molecule has 1 unspecified atom stereocenters. The Morgan fingerprint density at radius 2 is 1.82 bits per heavy atom. The van der Waals surface area contributed by atoms with Crippen molar-refractivity contribution in [2.45, 2.75) is 52.1 Å². The molecular formula is C19H27N5O4. The van der Waals surface area contributed by atoms with Crippen LogP contribution in [0.1, 0.15) is 51.4 Å². The molecule has 1 heterocycles. The van der Waals surface area contributed by atoms with Gasteiger partial charge in [-0.3, -0.25) is 19.8 Å². The zero-order valence-corrected chi connectivity index (χ0v) is 16.8. The lowest BCUT2D eigenvalue weighted by Crippen LogP contribution is -2.50. The Balaban J connectivity index is 2.01. The van der Waals surface area contributed by atoms with Gasteiger partial charge in [0.15, 0.2) is 0 Å². The molecule has 9 nitrogen and oxygen atoms in total. The molecule has 0 aromatic heterocycles. The van der Waals surface area contributed by atoms with Gasteiger partial charge in [0.1, 0.15) is 5.54 Å². The molecule has 1 aromatic rings. The fourth-order valence-corrected chi connectivity index (χ4v) is 2.61. The Morgan fingerprint density at radius 3 is 2.39 bits per heavy atom. The predicted molar refractivity (Wildman–Crippen MR) is 104 cm³/mol. The highest BCUT2D eigenvalue weighted by atomic mass is 16.2. The summed E-state index contributed by atoms with van der Waals surface area (Å²) in [5, 5.41) is 8.98. The molecule has 0 bridgehead atoms. The van der Waals surface area contributed by atoms with Gasteiger partial charge in [-0.2, -0.15) is 5.01 Å². The minimum Gasteiger partial charge on any atom is -0.375 e. The summed E-state index contributed by atoms with van der Waals surface area (Å²) in [6.45, 7) is 8.76. The smallest absolute Gasteiger partial charge is 0.344 e. The third kappa shape index (κ3) is 4.79. The van der Waals surface area contributed by atoms with E-state index in [1.807, 2.05) is 20.8 Å². The molecule has 1 saturated heterocycles. The van der Waals surface area contributed by atoms with E-state index in [0.29, 0.717) is 22.7 Å². The summed E-state index contributed by atoms with van der Waals surface area (Å²) in [6, 6.07) is 6.10. The number of carbonyl (C=O) groups is 4. The van der Waals surface area contributed by atoms with Gasteiger partial charge < -0.3 is 16.0 Å². The van der Waals surface area contributed by atoms with Gasteiger partial charge in [-0.15, -0.1) is 0 Å². The van der Waals surface area contributed by atoms with Gasteiger partial charge in [0.2, 0.25) is 0 Å². The van der Waals surface area contributed by atoms with E-state index in [-0.39, 0.29) is 12.5 Å². The van der Waals surface area contributed by atoms with Crippen LogP contribution in [0.5, 0.6) is 0 Å². The minimum absolute atomic E-state index is 0.223. The van der Waals surface area contributed by atoms with Crippen LogP contribution in [0.15, 0.2) is 24.3 Å². The molecule has 2 rings (SSSR count). The largest absolute Gasteiger partial charge is 0.375 e. The fourth-order valence-electron chi connectivity index (χ4n) is 2.61. The SMILES string of the molecule is CCC1(C)NC(=O)N(NC(=O)CNc2ccccc2C(=O)NC(C)(C)C)C1=O. The van der Waals surface area contributed by atoms with Gasteiger partial charge >= 0.3 is 6.03 Å². The molecule has 9 heteroatoms. The maximum absolute atomic E-state index is 12.4. The van der Waals surface area contributed by atoms with Crippen molar-refractivity contribution in [2.24, 2.45) is 0 Å². The summed E-state index contributed by atoms with van der Waals surface area (Å²) in [7, 11) is 0. The monoisotopic (exact) mass is 389 g/mol. The summed E-state index contributed by atoms with van der Waals surface area (Å²) in [6.07, 6.45) is 0.401. The van der Waals surface area contributed by atoms with Gasteiger partial charge in [0.05, 0.1) is 12.1 Å². The Labute approximate surface area is 164 Å². The Hall–Kier alpha value is -3.10. The Bertz CT molecular complexity index is 802. The molecule has 28 heavy (non-hydrogen) atoms. The molecule has 0 saturated carbocycles. The summed E-state index contributed by atoms with van der Waals surface area (Å²) >= 11 is 0. The van der Waals surface area contributed by atoms with Crippen molar-refractivity contribution in [3.05, 3.63) is 29.8 Å². The van der Waals surface area contributed by atoms with Crippen molar-refractivity contribution in [3.8, 4) is 0 Å². The van der Waals surface area contributed by atoms with E-state index in [4.69, 9.17) is 0 Å². The summed E-state index contributed by atoms with van der Waals surface area (Å²) in [4.78, 5) is 48.9. The third-order valence-electron chi connectivity index (χ3n) is 4.30. The molecule has 5 amide bonds. The molecule has 1 aromatic carbocycles. The number of urea groups is 1. The maximum atomic E-state index is 12.4. The van der Waals surface area contributed by atoms with E-state index >= 15 is 0 Å². The zero-order chi connectivity index (χ0) is 21.1. The predicted octanol–water partition coefficient (Wildman–Crippen LogP) is 1.38. The van der Waals surface area contributed by atoms with Gasteiger partial charge in [-0.05, 0) is 46.2 Å². The van der Waals surface area contributed by atoms with Crippen LogP contribution in [0, 0.1) is 0 Å². The fraction of sp³-hybridized carbons (Fsp3) is 0.474. The number of carbonyl (C=O) groups excluding carboxylic acids is 4. The first kappa shape index (κ1) is 21.2. The quantitative estimate of drug-likeness (QED) is 0.548. The molecule has 1 fully saturated rings. The number of nitrogens with one attached hydrogen (secondary N) is 4. The third-order valence-corrected chi connectivity index (χ3v) is 4.30. The van der Waals surface area contributed by atoms with Gasteiger partial charge in [0, 0.05) is 11.2 Å². The van der Waals surface area contributed by atoms with Crippen LogP contribution in [0.2, 0.25) is 0 Å². The lowest BCUT2D eigenvalue weighted by molar-refractivity contribution is -0.138. The van der Waals surface area contributed by atoms with Gasteiger partial charge in [-0.25, -0.2) is 4.79 Å². The normalized spacial score (nSPS) is 19.2. The molecule has 0 aliphatic carbocycles. The summed E-state index contributed by atoms with van der Waals surface area (Å²) in [5.74, 6) is -1.38. The van der Waals surface area contributed by atoms with Gasteiger partial charge in [-0.1, -0.05) is 19.1 Å². The van der Waals surface area contributed by atoms with Crippen molar-refractivity contribution < 1.29 is 19.2 Å². The molecular weight excluding hydrogens is 362 g/mol. The average molecular weight is 389 g/mol. The number of para-hydroxylation sites is 1. The van der Waals surface area contributed by atoms with Crippen LogP contribution in [0.3, 0.4) is 0 Å². The number of benzene rings is 1. The average Bonchev–Trinajstić information content (AvgIpc) is 2.82. The maximum Gasteiger partial charge on any atom is 0.344 e. The Kier molecular flexibility index (Phi) is 5.96. The topological polar surface area (TPSA) is 120 Å². The first-order valence-electron chi connectivity index (χ1n) is 9.08. The second-order valence-electron chi connectivity index (χ2n) is 7.89. The van der Waals surface area contributed by atoms with E-state index in [9.17, 15) is 19.2 Å². The molecule has 0 spiro atoms. The van der Waals surface area contributed by atoms with Crippen LogP contribution >= 0.6 is 0 Å². The number of anilines is 1. The van der Waals surface area contributed by atoms with Crippen molar-refractivity contribution in [1.82, 2.24) is 21.1 Å². The summed E-state index contributed by atoms with van der Waals surface area (Å²) in [5.41, 5.74) is 1.71. The first-order chi connectivity index (χ1) is 13.0. The van der Waals surface area contributed by atoms with E-state index < -0.39 is 28.9 Å². The summed E-state index contributed by atoms with van der Waals surface area (Å²) < 4.78 is 0. The van der Waals surface area contributed by atoms with E-state index in [1.54, 1.807) is 38.1 Å². The number of hydrogen-bond acceptors (Lipinski definition) is 5. The number of imide groups is 1. The molecule has 0 radical (unpaired) electrons. The van der Waals surface area contributed by atoms with Crippen LogP contribution < -0.4 is 21.4 Å². The lowest BCUT2D eigenvalue weighted by Gasteiger charge is -2.22. The lowest BCUT2D eigenvalue weighted by atomic mass is 10.00. The van der Waals surface area contributed by atoms with Crippen LogP contribution in [-0.4, -0.2) is 46.4 Å². The minimum atomic E-state index is -1.03. The molecule has 1 atom stereocenters. The highest BCUT2D eigenvalue weighted by Crippen LogP contribution is 2.19. The molecule has 4 N–H and O–H groups in total. The van der Waals surface area contributed by atoms with Crippen molar-refractivity contribution in [1.29, 1.82) is 0 Å². The van der Waals surface area contributed by atoms with Crippen LogP contribution in [0.4, 0.5) is 10.5 Å². The molecule has 152 valence electrons. The van der Waals surface area contributed by atoms with Crippen LogP contribution in [0.25, 0.3) is 0 Å². The number of nitrogens with zero attached hydrogens (tertiary/aromatic N) is 1. The number of rotatable bonds is 6. The van der Waals surface area contributed by atoms with Crippen LogP contribution in [-0.2, 0) is 9.59 Å². The Morgan fingerprint density at radius 1 is 1.18 bits per heavy atom. The molecule has 1 aliphatic rings. The van der Waals surface area contributed by atoms with Gasteiger partial charge in [0.25, 0.3) is 17.7 Å². The first-order valence-corrected chi connectivity index (χ1v) is 9.08.